The molecule has 0 amide bonds. The number of halogens is 9. The predicted octanol–water partition coefficient (Wildman–Crippen LogP) is 5.37. The Morgan fingerprint density at radius 2 is 1.26 bits per heavy atom. The quantitative estimate of drug-likeness (QED) is 0.620. The van der Waals surface area contributed by atoms with Crippen molar-refractivity contribution in [3.63, 3.8) is 0 Å². The van der Waals surface area contributed by atoms with Gasteiger partial charge in [-0.3, -0.25) is 0 Å². The van der Waals surface area contributed by atoms with E-state index in [1.807, 2.05) is 0 Å². The summed E-state index contributed by atoms with van der Waals surface area (Å²) in [6.07, 6.45) is -16.9. The van der Waals surface area contributed by atoms with Crippen LogP contribution in [0.2, 0.25) is 0 Å². The Morgan fingerprint density at radius 1 is 0.783 bits per heavy atom. The van der Waals surface area contributed by atoms with E-state index >= 15 is 0 Å². The third kappa shape index (κ3) is 3.15. The fourth-order valence-electron chi connectivity index (χ4n) is 1.92. The summed E-state index contributed by atoms with van der Waals surface area (Å²) in [5, 5.41) is 0. The molecule has 1 aromatic carbocycles. The highest BCUT2D eigenvalue weighted by molar-refractivity contribution is 5.72. The van der Waals surface area contributed by atoms with Gasteiger partial charge >= 0.3 is 18.5 Å². The Labute approximate surface area is 122 Å². The molecule has 1 aliphatic heterocycles. The SMILES string of the molecule is FC1=C(C(F)(F)F)C(C(F)(F)F)=C(c2ccccc2)OC1(F)F. The van der Waals surface area contributed by atoms with Crippen LogP contribution in [0.4, 0.5) is 39.5 Å². The molecule has 1 aliphatic rings. The van der Waals surface area contributed by atoms with Gasteiger partial charge in [-0.25, -0.2) is 4.39 Å². The molecule has 0 unspecified atom stereocenters. The van der Waals surface area contributed by atoms with Gasteiger partial charge in [-0.1, -0.05) is 30.3 Å². The van der Waals surface area contributed by atoms with Crippen LogP contribution in [0.5, 0.6) is 0 Å². The van der Waals surface area contributed by atoms with Gasteiger partial charge in [0.1, 0.15) is 16.9 Å². The van der Waals surface area contributed by atoms with Crippen molar-refractivity contribution in [2.24, 2.45) is 0 Å². The third-order valence-electron chi connectivity index (χ3n) is 2.79. The second-order valence-corrected chi connectivity index (χ2v) is 4.37. The topological polar surface area (TPSA) is 9.23 Å². The number of allylic oxidation sites excluding steroid dienone is 2. The van der Waals surface area contributed by atoms with Crippen molar-refractivity contribution in [1.82, 2.24) is 0 Å². The molecule has 1 heterocycles. The van der Waals surface area contributed by atoms with Crippen LogP contribution >= 0.6 is 0 Å². The predicted molar refractivity (Wildman–Crippen MR) is 59.6 cm³/mol. The van der Waals surface area contributed by atoms with Gasteiger partial charge in [0.25, 0.3) is 0 Å². The highest BCUT2D eigenvalue weighted by Crippen LogP contribution is 2.52. The number of rotatable bonds is 1. The maximum absolute atomic E-state index is 13.3. The lowest BCUT2D eigenvalue weighted by atomic mass is 9.96. The Balaban J connectivity index is 2.87. The lowest BCUT2D eigenvalue weighted by Gasteiger charge is -2.30. The molecule has 1 aromatic rings. The number of hydrogen-bond acceptors (Lipinski definition) is 1. The first-order valence-corrected chi connectivity index (χ1v) is 5.77. The molecule has 1 nitrogen and oxygen atoms in total. The summed E-state index contributed by atoms with van der Waals surface area (Å²) in [5.74, 6) is -5.13. The van der Waals surface area contributed by atoms with E-state index in [0.717, 1.165) is 24.3 Å². The minimum atomic E-state index is -6.00. The maximum atomic E-state index is 13.3. The zero-order chi connectivity index (χ0) is 17.6. The molecule has 0 atom stereocenters. The van der Waals surface area contributed by atoms with E-state index in [1.54, 1.807) is 0 Å². The van der Waals surface area contributed by atoms with Crippen LogP contribution in [-0.2, 0) is 4.74 Å². The summed E-state index contributed by atoms with van der Waals surface area (Å²) in [7, 11) is 0. The van der Waals surface area contributed by atoms with Gasteiger partial charge in [0.05, 0.1) is 0 Å². The lowest BCUT2D eigenvalue weighted by molar-refractivity contribution is -0.193. The zero-order valence-corrected chi connectivity index (χ0v) is 10.7. The van der Waals surface area contributed by atoms with Crippen LogP contribution in [0.15, 0.2) is 47.3 Å². The van der Waals surface area contributed by atoms with Crippen LogP contribution in [0.3, 0.4) is 0 Å². The smallest absolute Gasteiger partial charge is 0.426 e. The first kappa shape index (κ1) is 17.2. The van der Waals surface area contributed by atoms with Crippen LogP contribution in [0.25, 0.3) is 5.76 Å². The van der Waals surface area contributed by atoms with Crippen molar-refractivity contribution >= 4 is 5.76 Å². The Kier molecular flexibility index (Phi) is 3.90. The largest absolute Gasteiger partial charge is 0.454 e. The highest BCUT2D eigenvalue weighted by atomic mass is 19.4. The molecular weight excluding hydrogens is 343 g/mol. The maximum Gasteiger partial charge on any atom is 0.454 e. The van der Waals surface area contributed by atoms with E-state index < -0.39 is 46.8 Å². The average molecular weight is 348 g/mol. The molecule has 0 aliphatic carbocycles. The molecule has 126 valence electrons. The minimum absolute atomic E-state index is 0.700. The first-order chi connectivity index (χ1) is 10.4. The van der Waals surface area contributed by atoms with Crippen LogP contribution < -0.4 is 0 Å². The van der Waals surface area contributed by atoms with E-state index in [4.69, 9.17) is 0 Å². The zero-order valence-electron chi connectivity index (χ0n) is 10.7. The van der Waals surface area contributed by atoms with E-state index in [9.17, 15) is 39.5 Å². The van der Waals surface area contributed by atoms with Crippen molar-refractivity contribution in [3.05, 3.63) is 52.9 Å². The summed E-state index contributed by atoms with van der Waals surface area (Å²) in [4.78, 5) is 0. The van der Waals surface area contributed by atoms with Crippen molar-refractivity contribution in [2.75, 3.05) is 0 Å². The fraction of sp³-hybridized carbons (Fsp3) is 0.231. The molecule has 2 rings (SSSR count). The summed E-state index contributed by atoms with van der Waals surface area (Å²) in [5.41, 5.74) is -6.44. The standard InChI is InChI=1S/C13H5F9O/c14-10-8(12(18,19)20)7(11(15,16)17)9(23-13(10,21)22)6-4-2-1-3-5-6/h1-5H. The summed E-state index contributed by atoms with van der Waals surface area (Å²) in [6.45, 7) is 0. The van der Waals surface area contributed by atoms with Gasteiger partial charge in [0, 0.05) is 5.56 Å². The van der Waals surface area contributed by atoms with Gasteiger partial charge in [-0.15, -0.1) is 0 Å². The Morgan fingerprint density at radius 3 is 1.70 bits per heavy atom. The molecular formula is C13H5F9O. The second-order valence-electron chi connectivity index (χ2n) is 4.37. The van der Waals surface area contributed by atoms with E-state index in [-0.39, 0.29) is 0 Å². The van der Waals surface area contributed by atoms with E-state index in [2.05, 4.69) is 4.74 Å². The average Bonchev–Trinajstić information content (AvgIpc) is 2.39. The normalized spacial score (nSPS) is 19.0. The number of benzene rings is 1. The molecule has 0 fully saturated rings. The second kappa shape index (κ2) is 5.20. The molecule has 0 N–H and O–H groups in total. The molecule has 0 bridgehead atoms. The van der Waals surface area contributed by atoms with Gasteiger partial charge in [0.15, 0.2) is 0 Å². The molecule has 0 saturated heterocycles. The molecule has 23 heavy (non-hydrogen) atoms. The first-order valence-electron chi connectivity index (χ1n) is 5.77. The van der Waals surface area contributed by atoms with Gasteiger partial charge in [0.2, 0.25) is 5.83 Å². The van der Waals surface area contributed by atoms with Crippen LogP contribution in [-0.4, -0.2) is 18.5 Å². The fourth-order valence-corrected chi connectivity index (χ4v) is 1.92. The van der Waals surface area contributed by atoms with Crippen LogP contribution in [0.1, 0.15) is 5.56 Å². The van der Waals surface area contributed by atoms with Crippen molar-refractivity contribution in [1.29, 1.82) is 0 Å². The Hall–Kier alpha value is -2.13. The minimum Gasteiger partial charge on any atom is -0.426 e. The van der Waals surface area contributed by atoms with E-state index in [0.29, 0.717) is 0 Å². The van der Waals surface area contributed by atoms with Crippen molar-refractivity contribution in [3.8, 4) is 0 Å². The summed E-state index contributed by atoms with van der Waals surface area (Å²) in [6, 6.07) is 5.14. The monoisotopic (exact) mass is 348 g/mol. The highest BCUT2D eigenvalue weighted by Gasteiger charge is 2.59. The summed E-state index contributed by atoms with van der Waals surface area (Å²) >= 11 is 0. The third-order valence-corrected chi connectivity index (χ3v) is 2.79. The number of alkyl halides is 8. The summed E-state index contributed by atoms with van der Waals surface area (Å²) < 4.78 is 121. The molecule has 0 radical (unpaired) electrons. The lowest BCUT2D eigenvalue weighted by Crippen LogP contribution is -2.36. The number of hydrogen-bond donors (Lipinski definition) is 0. The van der Waals surface area contributed by atoms with Crippen LogP contribution in [0, 0.1) is 0 Å². The molecule has 0 aromatic heterocycles. The molecule has 0 saturated carbocycles. The van der Waals surface area contributed by atoms with E-state index in [1.165, 1.54) is 6.07 Å². The van der Waals surface area contributed by atoms with Gasteiger partial charge in [-0.05, 0) is 0 Å². The molecule has 10 heteroatoms. The number of ether oxygens (including phenoxy) is 1. The van der Waals surface area contributed by atoms with Crippen molar-refractivity contribution < 1.29 is 44.3 Å². The molecule has 0 spiro atoms. The van der Waals surface area contributed by atoms with Gasteiger partial charge in [-0.2, -0.15) is 35.1 Å². The van der Waals surface area contributed by atoms with Gasteiger partial charge < -0.3 is 4.74 Å². The Bertz CT molecular complexity index is 665. The van der Waals surface area contributed by atoms with Crippen molar-refractivity contribution in [2.45, 2.75) is 18.5 Å².